The van der Waals surface area contributed by atoms with Gasteiger partial charge in [-0.3, -0.25) is 4.79 Å². The van der Waals surface area contributed by atoms with Crippen LogP contribution in [0.3, 0.4) is 0 Å². The highest BCUT2D eigenvalue weighted by molar-refractivity contribution is 5.82. The quantitative estimate of drug-likeness (QED) is 0.786. The minimum atomic E-state index is -0.0293. The first kappa shape index (κ1) is 12.4. The van der Waals surface area contributed by atoms with E-state index >= 15 is 0 Å². The number of amides is 1. The van der Waals surface area contributed by atoms with E-state index in [0.717, 1.165) is 23.9 Å². The number of nitrogens with zero attached hydrogens (tertiary/aromatic N) is 2. The molecule has 0 spiro atoms. The van der Waals surface area contributed by atoms with E-state index in [1.54, 1.807) is 4.57 Å². The van der Waals surface area contributed by atoms with E-state index in [9.17, 15) is 4.79 Å². The second kappa shape index (κ2) is 5.53. The summed E-state index contributed by atoms with van der Waals surface area (Å²) in [5.41, 5.74) is 7.53. The van der Waals surface area contributed by atoms with Gasteiger partial charge < -0.3 is 15.6 Å². The summed E-state index contributed by atoms with van der Waals surface area (Å²) in [5.74, 6) is 0.347. The number of fused-ring (bicyclic) bond motifs is 1. The Kier molecular flexibility index (Phi) is 3.82. The fraction of sp³-hybridized carbons (Fsp3) is 0.385. The van der Waals surface area contributed by atoms with Crippen LogP contribution in [0.4, 0.5) is 5.95 Å². The summed E-state index contributed by atoms with van der Waals surface area (Å²) in [5, 5.41) is 2.87. The van der Waals surface area contributed by atoms with Crippen molar-refractivity contribution >= 4 is 22.9 Å². The maximum Gasteiger partial charge on any atom is 0.240 e. The van der Waals surface area contributed by atoms with Gasteiger partial charge in [-0.2, -0.15) is 0 Å². The molecule has 0 aliphatic heterocycles. The summed E-state index contributed by atoms with van der Waals surface area (Å²) in [6, 6.07) is 7.62. The molecule has 3 N–H and O–H groups in total. The van der Waals surface area contributed by atoms with Crippen LogP contribution >= 0.6 is 0 Å². The van der Waals surface area contributed by atoms with Gasteiger partial charge in [0.05, 0.1) is 11.0 Å². The van der Waals surface area contributed by atoms with Crippen LogP contribution < -0.4 is 11.1 Å². The highest BCUT2D eigenvalue weighted by atomic mass is 16.1. The number of carbonyl (C=O) groups is 1. The molecule has 1 aromatic heterocycles. The number of hydrogen-bond donors (Lipinski definition) is 2. The SMILES string of the molecule is CCCCNC(=O)Cn1c(N)nc2ccccc21. The Bertz CT molecular complexity index is 547. The summed E-state index contributed by atoms with van der Waals surface area (Å²) < 4.78 is 1.73. The number of aromatic nitrogens is 2. The second-order valence-electron chi connectivity index (χ2n) is 4.25. The van der Waals surface area contributed by atoms with Crippen LogP contribution in [0, 0.1) is 0 Å². The van der Waals surface area contributed by atoms with Crippen LogP contribution in [-0.4, -0.2) is 22.0 Å². The van der Waals surface area contributed by atoms with Gasteiger partial charge in [-0.1, -0.05) is 25.5 Å². The molecule has 1 heterocycles. The van der Waals surface area contributed by atoms with E-state index in [-0.39, 0.29) is 12.5 Å². The third-order valence-corrected chi connectivity index (χ3v) is 2.84. The average molecular weight is 246 g/mol. The van der Waals surface area contributed by atoms with Gasteiger partial charge in [-0.15, -0.1) is 0 Å². The lowest BCUT2D eigenvalue weighted by Crippen LogP contribution is -2.28. The molecule has 0 aliphatic carbocycles. The van der Waals surface area contributed by atoms with Gasteiger partial charge >= 0.3 is 0 Å². The van der Waals surface area contributed by atoms with Crippen molar-refractivity contribution in [2.24, 2.45) is 0 Å². The fourth-order valence-corrected chi connectivity index (χ4v) is 1.86. The van der Waals surface area contributed by atoms with E-state index in [1.807, 2.05) is 24.3 Å². The van der Waals surface area contributed by atoms with Crippen molar-refractivity contribution in [3.05, 3.63) is 24.3 Å². The normalized spacial score (nSPS) is 10.7. The lowest BCUT2D eigenvalue weighted by atomic mass is 10.3. The predicted octanol–water partition coefficient (Wildman–Crippen LogP) is 1.53. The van der Waals surface area contributed by atoms with Crippen LogP contribution in [0.1, 0.15) is 19.8 Å². The zero-order chi connectivity index (χ0) is 13.0. The number of nitrogen functional groups attached to an aromatic ring is 1. The van der Waals surface area contributed by atoms with Crippen molar-refractivity contribution in [1.29, 1.82) is 0 Å². The lowest BCUT2D eigenvalue weighted by molar-refractivity contribution is -0.121. The second-order valence-corrected chi connectivity index (χ2v) is 4.25. The zero-order valence-corrected chi connectivity index (χ0v) is 10.5. The highest BCUT2D eigenvalue weighted by Crippen LogP contribution is 2.16. The minimum absolute atomic E-state index is 0.0293. The Morgan fingerprint density at radius 1 is 1.44 bits per heavy atom. The molecule has 2 aromatic rings. The van der Waals surface area contributed by atoms with Gasteiger partial charge in [0.15, 0.2) is 0 Å². The first-order chi connectivity index (χ1) is 8.72. The number of carbonyl (C=O) groups excluding carboxylic acids is 1. The van der Waals surface area contributed by atoms with Crippen LogP contribution in [0.25, 0.3) is 11.0 Å². The van der Waals surface area contributed by atoms with E-state index in [0.29, 0.717) is 12.5 Å². The smallest absolute Gasteiger partial charge is 0.240 e. The Morgan fingerprint density at radius 2 is 2.22 bits per heavy atom. The van der Waals surface area contributed by atoms with E-state index in [4.69, 9.17) is 5.73 Å². The highest BCUT2D eigenvalue weighted by Gasteiger charge is 2.10. The van der Waals surface area contributed by atoms with Gasteiger partial charge in [-0.05, 0) is 18.6 Å². The molecular weight excluding hydrogens is 228 g/mol. The molecule has 0 atom stereocenters. The van der Waals surface area contributed by atoms with Crippen LogP contribution in [-0.2, 0) is 11.3 Å². The summed E-state index contributed by atoms with van der Waals surface area (Å²) in [7, 11) is 0. The van der Waals surface area contributed by atoms with Gasteiger partial charge in [0, 0.05) is 6.54 Å². The molecule has 0 unspecified atom stereocenters. The maximum absolute atomic E-state index is 11.8. The van der Waals surface area contributed by atoms with Crippen LogP contribution in [0.15, 0.2) is 24.3 Å². The first-order valence-corrected chi connectivity index (χ1v) is 6.20. The third kappa shape index (κ3) is 2.61. The Balaban J connectivity index is 2.11. The molecule has 0 saturated heterocycles. The average Bonchev–Trinajstić information content (AvgIpc) is 2.67. The Hall–Kier alpha value is -2.04. The van der Waals surface area contributed by atoms with Crippen LogP contribution in [0.2, 0.25) is 0 Å². The molecule has 1 aromatic carbocycles. The van der Waals surface area contributed by atoms with Crippen molar-refractivity contribution < 1.29 is 4.79 Å². The molecule has 1 amide bonds. The number of hydrogen-bond acceptors (Lipinski definition) is 3. The Labute approximate surface area is 106 Å². The number of rotatable bonds is 5. The largest absolute Gasteiger partial charge is 0.369 e. The van der Waals surface area contributed by atoms with Crippen LogP contribution in [0.5, 0.6) is 0 Å². The fourth-order valence-electron chi connectivity index (χ4n) is 1.86. The summed E-state index contributed by atoms with van der Waals surface area (Å²) in [4.78, 5) is 16.0. The molecule has 5 nitrogen and oxygen atoms in total. The van der Waals surface area contributed by atoms with E-state index < -0.39 is 0 Å². The molecule has 2 rings (SSSR count). The van der Waals surface area contributed by atoms with Gasteiger partial charge in [-0.25, -0.2) is 4.98 Å². The van der Waals surface area contributed by atoms with Crippen molar-refractivity contribution in [2.75, 3.05) is 12.3 Å². The van der Waals surface area contributed by atoms with Crippen molar-refractivity contribution in [3.63, 3.8) is 0 Å². The molecular formula is C13H18N4O. The van der Waals surface area contributed by atoms with E-state index in [2.05, 4.69) is 17.2 Å². The van der Waals surface area contributed by atoms with Crippen molar-refractivity contribution in [3.8, 4) is 0 Å². The monoisotopic (exact) mass is 246 g/mol. The first-order valence-electron chi connectivity index (χ1n) is 6.20. The van der Waals surface area contributed by atoms with E-state index in [1.165, 1.54) is 0 Å². The molecule has 5 heteroatoms. The molecule has 96 valence electrons. The molecule has 0 aliphatic rings. The lowest BCUT2D eigenvalue weighted by Gasteiger charge is -2.07. The molecule has 0 saturated carbocycles. The molecule has 0 bridgehead atoms. The number of anilines is 1. The number of nitrogens with two attached hydrogens (primary N) is 1. The predicted molar refractivity (Wildman–Crippen MR) is 72.1 cm³/mol. The summed E-state index contributed by atoms with van der Waals surface area (Å²) >= 11 is 0. The summed E-state index contributed by atoms with van der Waals surface area (Å²) in [6.07, 6.45) is 2.06. The Morgan fingerprint density at radius 3 is 3.00 bits per heavy atom. The number of unbranched alkanes of at least 4 members (excludes halogenated alkanes) is 1. The number of imidazole rings is 1. The number of benzene rings is 1. The van der Waals surface area contributed by atoms with Gasteiger partial charge in [0.2, 0.25) is 11.9 Å². The topological polar surface area (TPSA) is 72.9 Å². The maximum atomic E-state index is 11.8. The molecule has 0 radical (unpaired) electrons. The van der Waals surface area contributed by atoms with Crippen molar-refractivity contribution in [1.82, 2.24) is 14.9 Å². The van der Waals surface area contributed by atoms with Gasteiger partial charge in [0.25, 0.3) is 0 Å². The van der Waals surface area contributed by atoms with Crippen molar-refractivity contribution in [2.45, 2.75) is 26.3 Å². The molecule has 0 fully saturated rings. The molecule has 18 heavy (non-hydrogen) atoms. The third-order valence-electron chi connectivity index (χ3n) is 2.84. The van der Waals surface area contributed by atoms with Gasteiger partial charge in [0.1, 0.15) is 6.54 Å². The standard InChI is InChI=1S/C13H18N4O/c1-2-3-8-15-12(18)9-17-11-7-5-4-6-10(11)16-13(17)14/h4-7H,2-3,8-9H2,1H3,(H2,14,16)(H,15,18). The zero-order valence-electron chi connectivity index (χ0n) is 10.5. The summed E-state index contributed by atoms with van der Waals surface area (Å²) in [6.45, 7) is 3.02. The number of para-hydroxylation sites is 2. The number of nitrogens with one attached hydrogen (secondary N) is 1. The minimum Gasteiger partial charge on any atom is -0.369 e.